The maximum atomic E-state index is 11.9. The van der Waals surface area contributed by atoms with Gasteiger partial charge in [-0.25, -0.2) is 9.59 Å². The summed E-state index contributed by atoms with van der Waals surface area (Å²) in [6, 6.07) is 11.0. The fourth-order valence-corrected chi connectivity index (χ4v) is 2.11. The monoisotopic (exact) mass is 329 g/mol. The van der Waals surface area contributed by atoms with Crippen molar-refractivity contribution < 1.29 is 23.8 Å². The SMILES string of the molecule is C=CC(=O)OCCNC(=O)Oc1ccc(OCC)c2ccccc12. The summed E-state index contributed by atoms with van der Waals surface area (Å²) < 4.78 is 15.7. The van der Waals surface area contributed by atoms with E-state index in [0.29, 0.717) is 12.4 Å². The van der Waals surface area contributed by atoms with Gasteiger partial charge in [-0.3, -0.25) is 0 Å². The quantitative estimate of drug-likeness (QED) is 0.480. The van der Waals surface area contributed by atoms with Crippen molar-refractivity contribution in [3.05, 3.63) is 49.1 Å². The van der Waals surface area contributed by atoms with Gasteiger partial charge in [-0.2, -0.15) is 0 Å². The third kappa shape index (κ3) is 4.49. The van der Waals surface area contributed by atoms with Gasteiger partial charge in [0.2, 0.25) is 0 Å². The molecule has 0 aliphatic rings. The number of benzene rings is 2. The number of amides is 1. The summed E-state index contributed by atoms with van der Waals surface area (Å²) in [5.41, 5.74) is 0. The first-order valence-corrected chi connectivity index (χ1v) is 7.55. The number of hydrogen-bond acceptors (Lipinski definition) is 5. The number of hydrogen-bond donors (Lipinski definition) is 1. The highest BCUT2D eigenvalue weighted by atomic mass is 16.6. The fraction of sp³-hybridized carbons (Fsp3) is 0.222. The molecule has 2 rings (SSSR count). The van der Waals surface area contributed by atoms with Crippen molar-refractivity contribution in [2.45, 2.75) is 6.92 Å². The Bertz CT molecular complexity index is 741. The molecule has 6 heteroatoms. The van der Waals surface area contributed by atoms with Crippen molar-refractivity contribution in [3.8, 4) is 11.5 Å². The van der Waals surface area contributed by atoms with Crippen LogP contribution < -0.4 is 14.8 Å². The highest BCUT2D eigenvalue weighted by Crippen LogP contribution is 2.33. The third-order valence-electron chi connectivity index (χ3n) is 3.13. The molecule has 2 aromatic carbocycles. The fourth-order valence-electron chi connectivity index (χ4n) is 2.11. The molecule has 24 heavy (non-hydrogen) atoms. The van der Waals surface area contributed by atoms with Gasteiger partial charge in [0.1, 0.15) is 18.1 Å². The minimum absolute atomic E-state index is 0.0456. The van der Waals surface area contributed by atoms with E-state index in [1.54, 1.807) is 12.1 Å². The van der Waals surface area contributed by atoms with Gasteiger partial charge < -0.3 is 19.5 Å². The molecule has 0 aliphatic carbocycles. The van der Waals surface area contributed by atoms with Crippen LogP contribution in [0.1, 0.15) is 6.92 Å². The molecule has 0 atom stereocenters. The molecule has 0 saturated heterocycles. The number of esters is 1. The highest BCUT2D eigenvalue weighted by Gasteiger charge is 2.11. The largest absolute Gasteiger partial charge is 0.493 e. The molecule has 1 N–H and O–H groups in total. The Hall–Kier alpha value is -3.02. The zero-order valence-electron chi connectivity index (χ0n) is 13.4. The van der Waals surface area contributed by atoms with Crippen LogP contribution in [0.25, 0.3) is 10.8 Å². The van der Waals surface area contributed by atoms with E-state index in [0.717, 1.165) is 22.6 Å². The molecule has 0 bridgehead atoms. The van der Waals surface area contributed by atoms with E-state index in [1.807, 2.05) is 31.2 Å². The van der Waals surface area contributed by atoms with Crippen LogP contribution in [0.5, 0.6) is 11.5 Å². The lowest BCUT2D eigenvalue weighted by molar-refractivity contribution is -0.137. The van der Waals surface area contributed by atoms with Crippen LogP contribution in [-0.4, -0.2) is 31.8 Å². The van der Waals surface area contributed by atoms with Gasteiger partial charge in [-0.1, -0.05) is 30.8 Å². The number of carbonyl (C=O) groups excluding carboxylic acids is 2. The van der Waals surface area contributed by atoms with Gasteiger partial charge in [0.15, 0.2) is 0 Å². The summed E-state index contributed by atoms with van der Waals surface area (Å²) in [5, 5.41) is 4.15. The predicted octanol–water partition coefficient (Wildman–Crippen LogP) is 3.06. The zero-order valence-corrected chi connectivity index (χ0v) is 13.4. The van der Waals surface area contributed by atoms with Crippen LogP contribution in [0.3, 0.4) is 0 Å². The average molecular weight is 329 g/mol. The molecule has 0 heterocycles. The van der Waals surface area contributed by atoms with Crippen LogP contribution in [0.15, 0.2) is 49.1 Å². The Morgan fingerprint density at radius 2 is 1.79 bits per heavy atom. The number of carbonyl (C=O) groups is 2. The molecule has 126 valence electrons. The molecule has 0 saturated carbocycles. The van der Waals surface area contributed by atoms with Crippen molar-refractivity contribution in [2.75, 3.05) is 19.8 Å². The minimum atomic E-state index is -0.626. The van der Waals surface area contributed by atoms with Gasteiger partial charge in [0, 0.05) is 16.8 Å². The van der Waals surface area contributed by atoms with Gasteiger partial charge in [0.05, 0.1) is 13.2 Å². The van der Waals surface area contributed by atoms with E-state index in [9.17, 15) is 9.59 Å². The van der Waals surface area contributed by atoms with Gasteiger partial charge in [-0.15, -0.1) is 0 Å². The molecular formula is C18H19NO5. The summed E-state index contributed by atoms with van der Waals surface area (Å²) in [6.07, 6.45) is 0.434. The van der Waals surface area contributed by atoms with Crippen LogP contribution in [0.4, 0.5) is 4.79 Å². The standard InChI is InChI=1S/C18H19NO5/c1-3-17(20)23-12-11-19-18(21)24-16-10-9-15(22-4-2)13-7-5-6-8-14(13)16/h3,5-10H,1,4,11-12H2,2H3,(H,19,21). The van der Waals surface area contributed by atoms with Crippen LogP contribution >= 0.6 is 0 Å². The van der Waals surface area contributed by atoms with E-state index in [2.05, 4.69) is 11.9 Å². The molecule has 2 aromatic rings. The van der Waals surface area contributed by atoms with Crippen molar-refractivity contribution in [3.63, 3.8) is 0 Å². The molecular weight excluding hydrogens is 310 g/mol. The van der Waals surface area contributed by atoms with E-state index in [-0.39, 0.29) is 13.2 Å². The molecule has 0 fully saturated rings. The normalized spacial score (nSPS) is 10.0. The van der Waals surface area contributed by atoms with Gasteiger partial charge in [0.25, 0.3) is 0 Å². The van der Waals surface area contributed by atoms with Crippen molar-refractivity contribution in [2.24, 2.45) is 0 Å². The number of nitrogens with one attached hydrogen (secondary N) is 1. The Balaban J connectivity index is 2.02. The Labute approximate surface area is 140 Å². The molecule has 0 radical (unpaired) electrons. The molecule has 6 nitrogen and oxygen atoms in total. The molecule has 0 aliphatic heterocycles. The minimum Gasteiger partial charge on any atom is -0.493 e. The smallest absolute Gasteiger partial charge is 0.412 e. The number of ether oxygens (including phenoxy) is 3. The first kappa shape index (κ1) is 17.3. The van der Waals surface area contributed by atoms with Gasteiger partial charge in [-0.05, 0) is 19.1 Å². The van der Waals surface area contributed by atoms with Crippen molar-refractivity contribution >= 4 is 22.8 Å². The Morgan fingerprint density at radius 1 is 1.12 bits per heavy atom. The maximum Gasteiger partial charge on any atom is 0.412 e. The van der Waals surface area contributed by atoms with E-state index in [4.69, 9.17) is 14.2 Å². The lowest BCUT2D eigenvalue weighted by atomic mass is 10.1. The molecule has 1 amide bonds. The average Bonchev–Trinajstić information content (AvgIpc) is 2.60. The summed E-state index contributed by atoms with van der Waals surface area (Å²) in [4.78, 5) is 22.7. The first-order valence-electron chi connectivity index (χ1n) is 7.55. The molecule has 0 aromatic heterocycles. The summed E-state index contributed by atoms with van der Waals surface area (Å²) in [5.74, 6) is 0.620. The van der Waals surface area contributed by atoms with E-state index in [1.165, 1.54) is 0 Å². The van der Waals surface area contributed by atoms with E-state index >= 15 is 0 Å². The maximum absolute atomic E-state index is 11.9. The van der Waals surface area contributed by atoms with Crippen LogP contribution in [0, 0.1) is 0 Å². The molecule has 0 spiro atoms. The van der Waals surface area contributed by atoms with Crippen molar-refractivity contribution in [1.29, 1.82) is 0 Å². The molecule has 0 unspecified atom stereocenters. The van der Waals surface area contributed by atoms with Crippen LogP contribution in [0.2, 0.25) is 0 Å². The second-order valence-electron chi connectivity index (χ2n) is 4.73. The van der Waals surface area contributed by atoms with Crippen LogP contribution in [-0.2, 0) is 9.53 Å². The Morgan fingerprint density at radius 3 is 2.46 bits per heavy atom. The number of rotatable bonds is 7. The second-order valence-corrected chi connectivity index (χ2v) is 4.73. The lowest BCUT2D eigenvalue weighted by Gasteiger charge is -2.12. The summed E-state index contributed by atoms with van der Waals surface area (Å²) >= 11 is 0. The number of fused-ring (bicyclic) bond motifs is 1. The zero-order chi connectivity index (χ0) is 17.4. The third-order valence-corrected chi connectivity index (χ3v) is 3.13. The van der Waals surface area contributed by atoms with Crippen molar-refractivity contribution in [1.82, 2.24) is 5.32 Å². The van der Waals surface area contributed by atoms with E-state index < -0.39 is 12.1 Å². The second kappa shape index (κ2) is 8.57. The summed E-state index contributed by atoms with van der Waals surface area (Å²) in [6.45, 7) is 5.93. The summed E-state index contributed by atoms with van der Waals surface area (Å²) in [7, 11) is 0. The predicted molar refractivity (Wildman–Crippen MR) is 90.3 cm³/mol. The highest BCUT2D eigenvalue weighted by molar-refractivity contribution is 5.94. The lowest BCUT2D eigenvalue weighted by Crippen LogP contribution is -2.30. The van der Waals surface area contributed by atoms with Gasteiger partial charge >= 0.3 is 12.1 Å². The first-order chi connectivity index (χ1) is 11.7. The Kier molecular flexibility index (Phi) is 6.19. The topological polar surface area (TPSA) is 73.9 Å².